The molecule has 9 heavy (non-hydrogen) atoms. The van der Waals surface area contributed by atoms with E-state index in [0.717, 1.165) is 0 Å². The molecule has 1 aromatic rings. The molecule has 0 atom stereocenters. The molecule has 0 amide bonds. The van der Waals surface area contributed by atoms with Crippen LogP contribution < -0.4 is 0 Å². The third-order valence-corrected chi connectivity index (χ3v) is 1.28. The Balaban J connectivity index is 3.11. The minimum absolute atomic E-state index is 0.238. The maximum atomic E-state index is 9.91. The molecule has 0 unspecified atom stereocenters. The van der Waals surface area contributed by atoms with Gasteiger partial charge in [-0.1, -0.05) is 11.6 Å². The van der Waals surface area contributed by atoms with Crippen LogP contribution in [0.2, 0.25) is 5.15 Å². The van der Waals surface area contributed by atoms with Crippen LogP contribution in [-0.2, 0) is 11.8 Å². The van der Waals surface area contributed by atoms with Crippen molar-refractivity contribution in [2.75, 3.05) is 0 Å². The van der Waals surface area contributed by atoms with Crippen LogP contribution in [0.25, 0.3) is 0 Å². The Morgan fingerprint density at radius 1 is 1.89 bits per heavy atom. The minimum atomic E-state index is 0.238. The zero-order valence-corrected chi connectivity index (χ0v) is 5.51. The highest BCUT2D eigenvalue weighted by Crippen LogP contribution is 2.06. The number of rotatable bonds is 1. The Morgan fingerprint density at radius 2 is 2.56 bits per heavy atom. The van der Waals surface area contributed by atoms with Gasteiger partial charge in [0, 0.05) is 13.1 Å². The van der Waals surface area contributed by atoms with Crippen molar-refractivity contribution in [1.29, 1.82) is 0 Å². The van der Waals surface area contributed by atoms with Crippen molar-refractivity contribution < 1.29 is 4.79 Å². The minimum Gasteiger partial charge on any atom is -0.283 e. The van der Waals surface area contributed by atoms with Crippen LogP contribution in [0, 0.1) is 0 Å². The van der Waals surface area contributed by atoms with Gasteiger partial charge in [0.25, 0.3) is 6.29 Å². The average Bonchev–Trinajstić information content (AvgIpc) is 2.13. The van der Waals surface area contributed by atoms with Crippen LogP contribution >= 0.6 is 11.6 Å². The van der Waals surface area contributed by atoms with Gasteiger partial charge in [0.15, 0.2) is 0 Å². The summed E-state index contributed by atoms with van der Waals surface area (Å²) in [7, 11) is 1.66. The number of halogens is 1. The van der Waals surface area contributed by atoms with Gasteiger partial charge in [0.05, 0.1) is 0 Å². The van der Waals surface area contributed by atoms with E-state index < -0.39 is 0 Å². The zero-order valence-electron chi connectivity index (χ0n) is 4.76. The predicted molar refractivity (Wildman–Crippen MR) is 33.0 cm³/mol. The SMILES string of the molecule is Cn1nc([C]=O)cc1Cl. The molecule has 0 N–H and O–H groups in total. The molecule has 3 nitrogen and oxygen atoms in total. The van der Waals surface area contributed by atoms with Gasteiger partial charge in [0.2, 0.25) is 0 Å². The Labute approximate surface area is 57.2 Å². The summed E-state index contributed by atoms with van der Waals surface area (Å²) in [6, 6.07) is 1.45. The molecule has 0 saturated heterocycles. The fraction of sp³-hybridized carbons (Fsp3) is 0.200. The van der Waals surface area contributed by atoms with Crippen molar-refractivity contribution in [3.05, 3.63) is 16.9 Å². The summed E-state index contributed by atoms with van der Waals surface area (Å²) in [5.74, 6) is 0. The number of aryl methyl sites for hydroxylation is 1. The van der Waals surface area contributed by atoms with Crippen LogP contribution in [0.5, 0.6) is 0 Å². The molecular weight excluding hydrogens is 140 g/mol. The van der Waals surface area contributed by atoms with E-state index in [1.807, 2.05) is 0 Å². The smallest absolute Gasteiger partial charge is 0.255 e. The summed E-state index contributed by atoms with van der Waals surface area (Å²) >= 11 is 5.53. The van der Waals surface area contributed by atoms with Gasteiger partial charge in [-0.05, 0) is 0 Å². The summed E-state index contributed by atoms with van der Waals surface area (Å²) < 4.78 is 1.40. The lowest BCUT2D eigenvalue weighted by Gasteiger charge is -1.84. The number of hydrogen-bond acceptors (Lipinski definition) is 2. The molecule has 0 bridgehead atoms. The Hall–Kier alpha value is -0.830. The largest absolute Gasteiger partial charge is 0.283 e. The standard InChI is InChI=1S/C5H4ClN2O/c1-8-5(6)2-4(3-9)7-8/h2H,1H3. The Morgan fingerprint density at radius 3 is 2.78 bits per heavy atom. The summed E-state index contributed by atoms with van der Waals surface area (Å²) in [5.41, 5.74) is 0.238. The highest BCUT2D eigenvalue weighted by Gasteiger charge is 1.99. The molecule has 0 spiro atoms. The molecule has 1 radical (unpaired) electrons. The molecular formula is C5H4ClN2O. The number of carbonyl (C=O) groups excluding carboxylic acids is 1. The van der Waals surface area contributed by atoms with Gasteiger partial charge in [0.1, 0.15) is 10.8 Å². The lowest BCUT2D eigenvalue weighted by atomic mass is 10.5. The van der Waals surface area contributed by atoms with Crippen molar-refractivity contribution in [1.82, 2.24) is 9.78 Å². The van der Waals surface area contributed by atoms with Gasteiger partial charge in [-0.15, -0.1) is 0 Å². The molecule has 0 aliphatic heterocycles. The molecule has 4 heteroatoms. The first-order valence-corrected chi connectivity index (χ1v) is 2.69. The zero-order chi connectivity index (χ0) is 6.85. The maximum absolute atomic E-state index is 9.91. The van der Waals surface area contributed by atoms with E-state index in [4.69, 9.17) is 11.6 Å². The van der Waals surface area contributed by atoms with Crippen LogP contribution in [0.4, 0.5) is 0 Å². The maximum Gasteiger partial charge on any atom is 0.255 e. The molecule has 0 aromatic carbocycles. The monoisotopic (exact) mass is 143 g/mol. The van der Waals surface area contributed by atoms with Crippen molar-refractivity contribution in [2.45, 2.75) is 0 Å². The van der Waals surface area contributed by atoms with E-state index in [2.05, 4.69) is 5.10 Å². The van der Waals surface area contributed by atoms with Crippen molar-refractivity contribution in [2.24, 2.45) is 7.05 Å². The van der Waals surface area contributed by atoms with E-state index in [9.17, 15) is 4.79 Å². The normalized spacial score (nSPS) is 9.56. The lowest BCUT2D eigenvalue weighted by Crippen LogP contribution is -1.90. The fourth-order valence-corrected chi connectivity index (χ4v) is 0.635. The van der Waals surface area contributed by atoms with Crippen LogP contribution in [0.3, 0.4) is 0 Å². The third kappa shape index (κ3) is 1.10. The summed E-state index contributed by atoms with van der Waals surface area (Å²) in [6.45, 7) is 0. The van der Waals surface area contributed by atoms with Crippen LogP contribution in [0.15, 0.2) is 6.07 Å². The first-order chi connectivity index (χ1) is 4.24. The van der Waals surface area contributed by atoms with E-state index in [0.29, 0.717) is 5.15 Å². The van der Waals surface area contributed by atoms with E-state index in [-0.39, 0.29) is 5.69 Å². The van der Waals surface area contributed by atoms with Crippen molar-refractivity contribution in [3.63, 3.8) is 0 Å². The Kier molecular flexibility index (Phi) is 1.53. The van der Waals surface area contributed by atoms with E-state index in [1.54, 1.807) is 13.3 Å². The topological polar surface area (TPSA) is 34.9 Å². The molecule has 1 aromatic heterocycles. The summed E-state index contributed by atoms with van der Waals surface area (Å²) in [5, 5.41) is 4.13. The fourth-order valence-electron chi connectivity index (χ4n) is 0.494. The van der Waals surface area contributed by atoms with Crippen molar-refractivity contribution >= 4 is 17.9 Å². The van der Waals surface area contributed by atoms with E-state index >= 15 is 0 Å². The van der Waals surface area contributed by atoms with Crippen LogP contribution in [0.1, 0.15) is 5.69 Å². The molecule has 0 saturated carbocycles. The number of aromatic nitrogens is 2. The number of nitrogens with zero attached hydrogens (tertiary/aromatic N) is 2. The highest BCUT2D eigenvalue weighted by molar-refractivity contribution is 6.29. The molecule has 1 heterocycles. The molecule has 47 valence electrons. The third-order valence-electron chi connectivity index (χ3n) is 0.927. The average molecular weight is 144 g/mol. The molecule has 0 aliphatic rings. The van der Waals surface area contributed by atoms with Gasteiger partial charge in [-0.25, -0.2) is 0 Å². The highest BCUT2D eigenvalue weighted by atomic mass is 35.5. The second-order valence-electron chi connectivity index (χ2n) is 1.58. The number of hydrogen-bond donors (Lipinski definition) is 0. The second-order valence-corrected chi connectivity index (χ2v) is 1.97. The van der Waals surface area contributed by atoms with Gasteiger partial charge in [-0.3, -0.25) is 9.48 Å². The van der Waals surface area contributed by atoms with Gasteiger partial charge >= 0.3 is 0 Å². The predicted octanol–water partition coefficient (Wildman–Crippen LogP) is 0.531. The van der Waals surface area contributed by atoms with E-state index in [1.165, 1.54) is 10.7 Å². The first-order valence-electron chi connectivity index (χ1n) is 2.31. The quantitative estimate of drug-likeness (QED) is 0.575. The molecule has 1 rings (SSSR count). The summed E-state index contributed by atoms with van der Waals surface area (Å²) in [4.78, 5) is 9.91. The van der Waals surface area contributed by atoms with Crippen LogP contribution in [-0.4, -0.2) is 16.1 Å². The Bertz CT molecular complexity index is 211. The first kappa shape index (κ1) is 6.29. The lowest BCUT2D eigenvalue weighted by molar-refractivity contribution is 0.560. The second kappa shape index (κ2) is 2.19. The summed E-state index contributed by atoms with van der Waals surface area (Å²) in [6.07, 6.45) is 1.62. The molecule has 0 aliphatic carbocycles. The van der Waals surface area contributed by atoms with Gasteiger partial charge < -0.3 is 0 Å². The van der Waals surface area contributed by atoms with Gasteiger partial charge in [-0.2, -0.15) is 5.10 Å². The van der Waals surface area contributed by atoms with Crippen molar-refractivity contribution in [3.8, 4) is 0 Å². The molecule has 0 fully saturated rings.